The molecule has 0 aliphatic heterocycles. The fourth-order valence-corrected chi connectivity index (χ4v) is 2.37. The molecule has 0 aliphatic carbocycles. The van der Waals surface area contributed by atoms with E-state index < -0.39 is 10.0 Å². The Kier molecular flexibility index (Phi) is 5.44. The van der Waals surface area contributed by atoms with Crippen LogP contribution in [0.15, 0.2) is 24.3 Å². The van der Waals surface area contributed by atoms with E-state index >= 15 is 0 Å². The zero-order valence-electron chi connectivity index (χ0n) is 10.4. The Morgan fingerprint density at radius 3 is 2.35 bits per heavy atom. The summed E-state index contributed by atoms with van der Waals surface area (Å²) >= 11 is 0. The monoisotopic (exact) mass is 256 g/mol. The highest BCUT2D eigenvalue weighted by Gasteiger charge is 2.09. The van der Waals surface area contributed by atoms with Crippen molar-refractivity contribution in [3.05, 3.63) is 29.8 Å². The number of sulfonamides is 1. The minimum absolute atomic E-state index is 0.0981. The Morgan fingerprint density at radius 1 is 1.12 bits per heavy atom. The van der Waals surface area contributed by atoms with Gasteiger partial charge in [0, 0.05) is 12.2 Å². The summed E-state index contributed by atoms with van der Waals surface area (Å²) < 4.78 is 25.9. The lowest BCUT2D eigenvalue weighted by Crippen LogP contribution is -2.27. The zero-order valence-corrected chi connectivity index (χ0v) is 11.2. The van der Waals surface area contributed by atoms with Crippen LogP contribution in [0.2, 0.25) is 0 Å². The molecule has 1 aromatic carbocycles. The molecule has 0 amide bonds. The number of rotatable bonds is 7. The summed E-state index contributed by atoms with van der Waals surface area (Å²) in [6.45, 7) is 5.34. The predicted molar refractivity (Wildman–Crippen MR) is 71.7 cm³/mol. The van der Waals surface area contributed by atoms with Gasteiger partial charge >= 0.3 is 0 Å². The molecule has 0 spiro atoms. The lowest BCUT2D eigenvalue weighted by atomic mass is 10.2. The van der Waals surface area contributed by atoms with Crippen molar-refractivity contribution in [2.45, 2.75) is 20.3 Å². The first-order chi connectivity index (χ1) is 8.03. The fraction of sp³-hybridized carbons (Fsp3) is 0.500. The normalized spacial score (nSPS) is 11.4. The van der Waals surface area contributed by atoms with E-state index in [4.69, 9.17) is 0 Å². The molecule has 0 saturated carbocycles. The number of benzene rings is 1. The minimum atomic E-state index is -3.24. The number of aryl methyl sites for hydroxylation is 1. The molecule has 5 heteroatoms. The molecule has 0 aliphatic rings. The lowest BCUT2D eigenvalue weighted by Gasteiger charge is -2.08. The Morgan fingerprint density at radius 2 is 1.76 bits per heavy atom. The van der Waals surface area contributed by atoms with Gasteiger partial charge in [0.15, 0.2) is 0 Å². The van der Waals surface area contributed by atoms with Crippen molar-refractivity contribution in [2.24, 2.45) is 0 Å². The highest BCUT2D eigenvalue weighted by Crippen LogP contribution is 2.10. The molecular weight excluding hydrogens is 236 g/mol. The first-order valence-corrected chi connectivity index (χ1v) is 7.46. The molecule has 1 rings (SSSR count). The van der Waals surface area contributed by atoms with Crippen molar-refractivity contribution < 1.29 is 8.42 Å². The largest absolute Gasteiger partial charge is 0.316 e. The van der Waals surface area contributed by atoms with E-state index in [0.717, 1.165) is 18.5 Å². The van der Waals surface area contributed by atoms with Gasteiger partial charge in [-0.3, -0.25) is 4.72 Å². The van der Waals surface area contributed by atoms with Crippen molar-refractivity contribution in [1.82, 2.24) is 5.32 Å². The zero-order chi connectivity index (χ0) is 12.7. The maximum atomic E-state index is 11.7. The van der Waals surface area contributed by atoms with Crippen molar-refractivity contribution in [3.63, 3.8) is 0 Å². The number of anilines is 1. The summed E-state index contributed by atoms with van der Waals surface area (Å²) in [4.78, 5) is 0. The molecule has 96 valence electrons. The van der Waals surface area contributed by atoms with Gasteiger partial charge in [0.1, 0.15) is 0 Å². The van der Waals surface area contributed by atoms with Crippen LogP contribution in [0.3, 0.4) is 0 Å². The van der Waals surface area contributed by atoms with Gasteiger partial charge in [-0.1, -0.05) is 24.6 Å². The molecule has 0 unspecified atom stereocenters. The number of nitrogens with one attached hydrogen (secondary N) is 2. The second-order valence-corrected chi connectivity index (χ2v) is 5.88. The molecule has 0 heterocycles. The first-order valence-electron chi connectivity index (χ1n) is 5.81. The maximum absolute atomic E-state index is 11.7. The van der Waals surface area contributed by atoms with E-state index in [0.29, 0.717) is 12.2 Å². The van der Waals surface area contributed by atoms with Gasteiger partial charge in [-0.15, -0.1) is 0 Å². The average molecular weight is 256 g/mol. The Hall–Kier alpha value is -1.07. The van der Waals surface area contributed by atoms with Crippen LogP contribution >= 0.6 is 0 Å². The maximum Gasteiger partial charge on any atom is 0.233 e. The molecule has 0 atom stereocenters. The van der Waals surface area contributed by atoms with Crippen LogP contribution in [0.1, 0.15) is 18.9 Å². The molecule has 0 aromatic heterocycles. The molecule has 0 bridgehead atoms. The summed E-state index contributed by atoms with van der Waals surface area (Å²) in [6.07, 6.45) is 1.01. The summed E-state index contributed by atoms with van der Waals surface area (Å²) in [6, 6.07) is 7.30. The van der Waals surface area contributed by atoms with Gasteiger partial charge in [-0.05, 0) is 32.0 Å². The molecular formula is C12H20N2O2S. The van der Waals surface area contributed by atoms with Gasteiger partial charge in [0.05, 0.1) is 5.75 Å². The van der Waals surface area contributed by atoms with Gasteiger partial charge < -0.3 is 5.32 Å². The summed E-state index contributed by atoms with van der Waals surface area (Å²) in [7, 11) is -3.24. The second-order valence-electron chi connectivity index (χ2n) is 4.04. The van der Waals surface area contributed by atoms with Crippen molar-refractivity contribution in [3.8, 4) is 0 Å². The SMILES string of the molecule is CCCNCCS(=O)(=O)Nc1ccc(C)cc1. The third kappa shape index (κ3) is 5.70. The highest BCUT2D eigenvalue weighted by molar-refractivity contribution is 7.92. The molecule has 0 fully saturated rings. The van der Waals surface area contributed by atoms with E-state index in [1.807, 2.05) is 26.0 Å². The molecule has 2 N–H and O–H groups in total. The predicted octanol–water partition coefficient (Wildman–Crippen LogP) is 1.74. The van der Waals surface area contributed by atoms with Crippen LogP contribution in [-0.4, -0.2) is 27.3 Å². The second kappa shape index (κ2) is 6.61. The van der Waals surface area contributed by atoms with Crippen LogP contribution in [0, 0.1) is 6.92 Å². The van der Waals surface area contributed by atoms with E-state index in [1.54, 1.807) is 12.1 Å². The van der Waals surface area contributed by atoms with Crippen LogP contribution < -0.4 is 10.0 Å². The van der Waals surface area contributed by atoms with Gasteiger partial charge in [-0.25, -0.2) is 8.42 Å². The van der Waals surface area contributed by atoms with E-state index in [2.05, 4.69) is 10.0 Å². The molecule has 17 heavy (non-hydrogen) atoms. The standard InChI is InChI=1S/C12H20N2O2S/c1-3-8-13-9-10-17(15,16)14-12-6-4-11(2)5-7-12/h4-7,13-14H,3,8-10H2,1-2H3. The fourth-order valence-electron chi connectivity index (χ4n) is 1.36. The number of hydrogen-bond acceptors (Lipinski definition) is 3. The van der Waals surface area contributed by atoms with E-state index in [9.17, 15) is 8.42 Å². The molecule has 0 saturated heterocycles. The van der Waals surface area contributed by atoms with Crippen LogP contribution in [0.25, 0.3) is 0 Å². The molecule has 0 radical (unpaired) electrons. The third-order valence-electron chi connectivity index (χ3n) is 2.30. The highest BCUT2D eigenvalue weighted by atomic mass is 32.2. The topological polar surface area (TPSA) is 58.2 Å². The Labute approximate surface area is 103 Å². The van der Waals surface area contributed by atoms with Gasteiger partial charge in [0.2, 0.25) is 10.0 Å². The van der Waals surface area contributed by atoms with Gasteiger partial charge in [-0.2, -0.15) is 0 Å². The molecule has 1 aromatic rings. The summed E-state index contributed by atoms with van der Waals surface area (Å²) in [5, 5.41) is 3.07. The van der Waals surface area contributed by atoms with Crippen LogP contribution in [0.4, 0.5) is 5.69 Å². The van der Waals surface area contributed by atoms with Crippen LogP contribution in [0.5, 0.6) is 0 Å². The van der Waals surface area contributed by atoms with Crippen molar-refractivity contribution in [1.29, 1.82) is 0 Å². The summed E-state index contributed by atoms with van der Waals surface area (Å²) in [5.74, 6) is 0.0981. The number of hydrogen-bond donors (Lipinski definition) is 2. The quantitative estimate of drug-likeness (QED) is 0.731. The molecule has 4 nitrogen and oxygen atoms in total. The Bertz CT molecular complexity index is 426. The lowest BCUT2D eigenvalue weighted by molar-refractivity contribution is 0.595. The third-order valence-corrected chi connectivity index (χ3v) is 3.59. The van der Waals surface area contributed by atoms with Crippen molar-refractivity contribution >= 4 is 15.7 Å². The van der Waals surface area contributed by atoms with Gasteiger partial charge in [0.25, 0.3) is 0 Å². The average Bonchev–Trinajstić information content (AvgIpc) is 2.27. The van der Waals surface area contributed by atoms with Crippen LogP contribution in [-0.2, 0) is 10.0 Å². The smallest absolute Gasteiger partial charge is 0.233 e. The first kappa shape index (κ1) is 14.0. The minimum Gasteiger partial charge on any atom is -0.316 e. The Balaban J connectivity index is 2.46. The van der Waals surface area contributed by atoms with E-state index in [-0.39, 0.29) is 5.75 Å². The van der Waals surface area contributed by atoms with Crippen molar-refractivity contribution in [2.75, 3.05) is 23.6 Å². The van der Waals surface area contributed by atoms with E-state index in [1.165, 1.54) is 0 Å². The summed E-state index contributed by atoms with van der Waals surface area (Å²) in [5.41, 5.74) is 1.73.